The summed E-state index contributed by atoms with van der Waals surface area (Å²) in [5.74, 6) is 0.107. The molecule has 0 aliphatic carbocycles. The lowest BCUT2D eigenvalue weighted by molar-refractivity contribution is 0.628. The third-order valence-corrected chi connectivity index (χ3v) is 6.63. The zero-order valence-corrected chi connectivity index (χ0v) is 19.5. The van der Waals surface area contributed by atoms with E-state index in [1.807, 2.05) is 48.7 Å². The van der Waals surface area contributed by atoms with Gasteiger partial charge in [-0.2, -0.15) is 14.6 Å². The van der Waals surface area contributed by atoms with Crippen molar-refractivity contribution in [1.29, 1.82) is 0 Å². The van der Waals surface area contributed by atoms with Crippen molar-refractivity contribution < 1.29 is 4.39 Å². The van der Waals surface area contributed by atoms with E-state index in [1.54, 1.807) is 35.0 Å². The van der Waals surface area contributed by atoms with Crippen LogP contribution in [0.3, 0.4) is 0 Å². The summed E-state index contributed by atoms with van der Waals surface area (Å²) in [5.41, 5.74) is 3.42. The van der Waals surface area contributed by atoms with E-state index < -0.39 is 0 Å². The molecule has 0 radical (unpaired) electrons. The molecule has 6 nitrogen and oxygen atoms in total. The third-order valence-electron chi connectivity index (χ3n) is 5.43. The van der Waals surface area contributed by atoms with Crippen molar-refractivity contribution in [3.63, 3.8) is 0 Å². The van der Waals surface area contributed by atoms with Gasteiger partial charge in [0.25, 0.3) is 5.56 Å². The number of rotatable bonds is 4. The van der Waals surface area contributed by atoms with Gasteiger partial charge in [0.2, 0.25) is 4.96 Å². The molecule has 3 aromatic heterocycles. The summed E-state index contributed by atoms with van der Waals surface area (Å²) in [4.78, 5) is 18.2. The van der Waals surface area contributed by atoms with Crippen LogP contribution in [0.15, 0.2) is 89.9 Å². The quantitative estimate of drug-likeness (QED) is 0.342. The predicted octanol–water partition coefficient (Wildman–Crippen LogP) is 5.01. The number of halogens is 2. The van der Waals surface area contributed by atoms with E-state index in [0.717, 1.165) is 22.4 Å². The molecule has 9 heteroatoms. The number of fused-ring (bicyclic) bond motifs is 1. The molecule has 3 aromatic carbocycles. The van der Waals surface area contributed by atoms with E-state index in [9.17, 15) is 9.18 Å². The second kappa shape index (κ2) is 8.57. The van der Waals surface area contributed by atoms with Crippen LogP contribution in [-0.2, 0) is 0 Å². The Kier molecular flexibility index (Phi) is 5.24. The van der Waals surface area contributed by atoms with Crippen LogP contribution in [0.2, 0.25) is 5.02 Å². The maximum absolute atomic E-state index is 13.5. The highest BCUT2D eigenvalue weighted by Gasteiger charge is 2.15. The van der Waals surface area contributed by atoms with Crippen molar-refractivity contribution in [3.05, 3.63) is 116 Å². The maximum atomic E-state index is 13.5. The van der Waals surface area contributed by atoms with Gasteiger partial charge in [0.05, 0.1) is 10.2 Å². The minimum Gasteiger partial charge on any atom is -0.266 e. The van der Waals surface area contributed by atoms with E-state index in [1.165, 1.54) is 28.0 Å². The van der Waals surface area contributed by atoms with Crippen LogP contribution in [0.5, 0.6) is 0 Å². The summed E-state index contributed by atoms with van der Waals surface area (Å²) in [5, 5.41) is 9.69. The van der Waals surface area contributed by atoms with Crippen molar-refractivity contribution in [2.75, 3.05) is 0 Å². The molecule has 0 saturated heterocycles. The zero-order valence-electron chi connectivity index (χ0n) is 18.0. The molecular formula is C26H15ClFN5OS. The summed E-state index contributed by atoms with van der Waals surface area (Å²) in [6.07, 6.45) is 3.62. The number of aromatic nitrogens is 5. The number of nitrogens with zero attached hydrogens (tertiary/aromatic N) is 5. The van der Waals surface area contributed by atoms with Crippen molar-refractivity contribution in [3.8, 4) is 28.3 Å². The van der Waals surface area contributed by atoms with Gasteiger partial charge in [-0.3, -0.25) is 4.79 Å². The Morgan fingerprint density at radius 3 is 2.46 bits per heavy atom. The largest absolute Gasteiger partial charge is 0.291 e. The molecule has 0 N–H and O–H groups in total. The molecule has 0 bridgehead atoms. The molecule has 6 aromatic rings. The highest BCUT2D eigenvalue weighted by atomic mass is 35.5. The molecule has 35 heavy (non-hydrogen) atoms. The molecule has 0 amide bonds. The lowest BCUT2D eigenvalue weighted by Gasteiger charge is -2.00. The van der Waals surface area contributed by atoms with Crippen molar-refractivity contribution in [2.45, 2.75) is 0 Å². The van der Waals surface area contributed by atoms with Crippen LogP contribution in [0, 0.1) is 5.82 Å². The molecule has 0 spiro atoms. The Labute approximate surface area is 207 Å². The third kappa shape index (κ3) is 4.03. The molecule has 170 valence electrons. The predicted molar refractivity (Wildman–Crippen MR) is 135 cm³/mol. The fourth-order valence-electron chi connectivity index (χ4n) is 3.76. The van der Waals surface area contributed by atoms with Gasteiger partial charge in [-0.15, -0.1) is 5.10 Å². The minimum absolute atomic E-state index is 0.275. The van der Waals surface area contributed by atoms with Crippen molar-refractivity contribution in [2.24, 2.45) is 0 Å². The molecule has 0 aliphatic rings. The van der Waals surface area contributed by atoms with Crippen LogP contribution in [0.25, 0.3) is 39.4 Å². The zero-order chi connectivity index (χ0) is 23.9. The van der Waals surface area contributed by atoms with Crippen LogP contribution in [-0.4, -0.2) is 24.4 Å². The Morgan fingerprint density at radius 1 is 0.914 bits per heavy atom. The molecule has 6 rings (SSSR count). The summed E-state index contributed by atoms with van der Waals surface area (Å²) in [6.45, 7) is 0. The minimum atomic E-state index is -0.329. The second-order valence-electron chi connectivity index (χ2n) is 7.78. The number of hydrogen-bond acceptors (Lipinski definition) is 5. The fraction of sp³-hybridized carbons (Fsp3) is 0. The lowest BCUT2D eigenvalue weighted by atomic mass is 10.1. The standard InChI is InChI=1S/C26H15ClFN5OS/c27-19-6-4-5-17(13-19)24-29-26-33(31-24)25(34)22(35-26)14-18-15-32(21-7-2-1-3-8-21)30-23(18)16-9-11-20(28)12-10-16/h1-15H/b22-14-. The average molecular weight is 500 g/mol. The first-order valence-corrected chi connectivity index (χ1v) is 11.8. The van der Waals surface area contributed by atoms with Gasteiger partial charge in [0.15, 0.2) is 5.82 Å². The summed E-state index contributed by atoms with van der Waals surface area (Å²) < 4.78 is 17.0. The topological polar surface area (TPSA) is 65.1 Å². The summed E-state index contributed by atoms with van der Waals surface area (Å²) in [6, 6.07) is 22.9. The smallest absolute Gasteiger partial charge is 0.266 e. The number of para-hydroxylation sites is 1. The van der Waals surface area contributed by atoms with E-state index in [4.69, 9.17) is 16.7 Å². The lowest BCUT2D eigenvalue weighted by Crippen LogP contribution is -2.23. The number of benzene rings is 3. The number of hydrogen-bond donors (Lipinski definition) is 0. The van der Waals surface area contributed by atoms with Gasteiger partial charge in [-0.05, 0) is 54.6 Å². The second-order valence-corrected chi connectivity index (χ2v) is 9.22. The van der Waals surface area contributed by atoms with E-state index in [-0.39, 0.29) is 11.4 Å². The fourth-order valence-corrected chi connectivity index (χ4v) is 4.85. The Balaban J connectivity index is 1.49. The molecule has 3 heterocycles. The number of thiazole rings is 1. The molecule has 0 saturated carbocycles. The molecule has 0 aliphatic heterocycles. The van der Waals surface area contributed by atoms with Crippen LogP contribution >= 0.6 is 22.9 Å². The first-order chi connectivity index (χ1) is 17.0. The molecule has 0 fully saturated rings. The van der Waals surface area contributed by atoms with E-state index in [2.05, 4.69) is 10.1 Å². The van der Waals surface area contributed by atoms with Gasteiger partial charge >= 0.3 is 0 Å². The molecule has 0 atom stereocenters. The van der Waals surface area contributed by atoms with Gasteiger partial charge in [-0.1, -0.05) is 53.3 Å². The average Bonchev–Trinajstić information content (AvgIpc) is 3.56. The Hall–Kier alpha value is -4.14. The molecular weight excluding hydrogens is 485 g/mol. The molecule has 0 unspecified atom stereocenters. The highest BCUT2D eigenvalue weighted by Crippen LogP contribution is 2.25. The first-order valence-electron chi connectivity index (χ1n) is 10.6. The van der Waals surface area contributed by atoms with E-state index in [0.29, 0.717) is 26.0 Å². The first kappa shape index (κ1) is 21.4. The highest BCUT2D eigenvalue weighted by molar-refractivity contribution is 7.15. The van der Waals surface area contributed by atoms with Gasteiger partial charge in [0, 0.05) is 27.9 Å². The monoisotopic (exact) mass is 499 g/mol. The Bertz CT molecular complexity index is 1790. The van der Waals surface area contributed by atoms with Crippen LogP contribution in [0.4, 0.5) is 4.39 Å². The van der Waals surface area contributed by atoms with Gasteiger partial charge in [-0.25, -0.2) is 9.07 Å². The van der Waals surface area contributed by atoms with Crippen LogP contribution in [0.1, 0.15) is 5.56 Å². The van der Waals surface area contributed by atoms with Gasteiger partial charge in [0.1, 0.15) is 11.5 Å². The van der Waals surface area contributed by atoms with Crippen molar-refractivity contribution >= 4 is 34.0 Å². The normalized spacial score (nSPS) is 12.0. The SMILES string of the molecule is O=c1/c(=C/c2cn(-c3ccccc3)nc2-c2ccc(F)cc2)sc2nc(-c3cccc(Cl)c3)nn12. The Morgan fingerprint density at radius 2 is 1.71 bits per heavy atom. The van der Waals surface area contributed by atoms with E-state index >= 15 is 0 Å². The summed E-state index contributed by atoms with van der Waals surface area (Å²) in [7, 11) is 0. The van der Waals surface area contributed by atoms with Crippen LogP contribution < -0.4 is 10.1 Å². The summed E-state index contributed by atoms with van der Waals surface area (Å²) >= 11 is 7.32. The maximum Gasteiger partial charge on any atom is 0.291 e. The van der Waals surface area contributed by atoms with Gasteiger partial charge < -0.3 is 0 Å². The van der Waals surface area contributed by atoms with Crippen molar-refractivity contribution in [1.82, 2.24) is 24.4 Å².